The van der Waals surface area contributed by atoms with Crippen LogP contribution >= 0.6 is 0 Å². The first-order valence-corrected chi connectivity index (χ1v) is 6.37. The van der Waals surface area contributed by atoms with Crippen LogP contribution in [0.4, 0.5) is 5.82 Å². The molecule has 0 fully saturated rings. The molecule has 0 unspecified atom stereocenters. The van der Waals surface area contributed by atoms with Crippen LogP contribution in [-0.2, 0) is 11.3 Å². The molecule has 0 bridgehead atoms. The van der Waals surface area contributed by atoms with Gasteiger partial charge < -0.3 is 19.9 Å². The third kappa shape index (κ3) is 3.26. The molecule has 0 amide bonds. The van der Waals surface area contributed by atoms with E-state index in [1.54, 1.807) is 6.92 Å². The lowest BCUT2D eigenvalue weighted by Gasteiger charge is -2.33. The smallest absolute Gasteiger partial charge is 0.360 e. The van der Waals surface area contributed by atoms with Gasteiger partial charge in [-0.05, 0) is 41.8 Å². The highest BCUT2D eigenvalue weighted by molar-refractivity contribution is 5.92. The van der Waals surface area contributed by atoms with Gasteiger partial charge in [0.1, 0.15) is 11.6 Å². The molecule has 0 radical (unpaired) electrons. The maximum atomic E-state index is 11.7. The summed E-state index contributed by atoms with van der Waals surface area (Å²) in [5, 5.41) is 0. The second-order valence-corrected chi connectivity index (χ2v) is 5.41. The molecule has 1 rings (SSSR count). The van der Waals surface area contributed by atoms with Crippen LogP contribution in [0.1, 0.15) is 37.1 Å². The molecule has 6 heteroatoms. The molecule has 0 aromatic carbocycles. The topological polar surface area (TPSA) is 73.4 Å². The Bertz CT molecular complexity index is 463. The molecule has 6 nitrogen and oxygen atoms in total. The van der Waals surface area contributed by atoms with Crippen LogP contribution in [0.2, 0.25) is 0 Å². The second-order valence-electron chi connectivity index (χ2n) is 5.41. The first-order chi connectivity index (χ1) is 8.70. The van der Waals surface area contributed by atoms with E-state index in [1.807, 2.05) is 25.6 Å². The van der Waals surface area contributed by atoms with Crippen LogP contribution in [0.3, 0.4) is 0 Å². The zero-order valence-corrected chi connectivity index (χ0v) is 12.6. The third-order valence-electron chi connectivity index (χ3n) is 3.42. The van der Waals surface area contributed by atoms with Crippen molar-refractivity contribution in [2.75, 3.05) is 26.4 Å². The van der Waals surface area contributed by atoms with E-state index in [0.29, 0.717) is 19.0 Å². The summed E-state index contributed by atoms with van der Waals surface area (Å²) in [7, 11) is 4.02. The zero-order chi connectivity index (χ0) is 14.8. The molecular weight excluding hydrogens is 244 g/mol. The van der Waals surface area contributed by atoms with Crippen molar-refractivity contribution in [2.45, 2.75) is 39.8 Å². The first-order valence-electron chi connectivity index (χ1n) is 6.37. The number of ether oxygens (including phenoxy) is 1. The molecule has 0 saturated carbocycles. The van der Waals surface area contributed by atoms with Crippen molar-refractivity contribution in [2.24, 2.45) is 0 Å². The van der Waals surface area contributed by atoms with Crippen LogP contribution in [0, 0.1) is 6.92 Å². The molecular formula is C13H24N4O2. The number of hydrogen-bond donors (Lipinski definition) is 1. The number of nitrogens with zero attached hydrogens (tertiary/aromatic N) is 3. The average Bonchev–Trinajstić information content (AvgIpc) is 2.57. The SMILES string of the molecule is CCOC(=O)c1nc(C)n(CC(C)(C)N(C)C)c1N. The monoisotopic (exact) mass is 268 g/mol. The van der Waals surface area contributed by atoms with E-state index in [0.717, 1.165) is 5.82 Å². The summed E-state index contributed by atoms with van der Waals surface area (Å²) >= 11 is 0. The van der Waals surface area contributed by atoms with E-state index in [-0.39, 0.29) is 11.2 Å². The fraction of sp³-hybridized carbons (Fsp3) is 0.692. The Kier molecular flexibility index (Phi) is 4.57. The van der Waals surface area contributed by atoms with Gasteiger partial charge >= 0.3 is 5.97 Å². The quantitative estimate of drug-likeness (QED) is 0.815. The van der Waals surface area contributed by atoms with Gasteiger partial charge in [0.2, 0.25) is 0 Å². The maximum absolute atomic E-state index is 11.7. The summed E-state index contributed by atoms with van der Waals surface area (Å²) in [5.41, 5.74) is 6.13. The van der Waals surface area contributed by atoms with Crippen molar-refractivity contribution in [3.05, 3.63) is 11.5 Å². The number of esters is 1. The van der Waals surface area contributed by atoms with Crippen LogP contribution < -0.4 is 5.73 Å². The summed E-state index contributed by atoms with van der Waals surface area (Å²) in [6, 6.07) is 0. The minimum atomic E-state index is -0.468. The summed E-state index contributed by atoms with van der Waals surface area (Å²) < 4.78 is 6.80. The van der Waals surface area contributed by atoms with Crippen molar-refractivity contribution >= 4 is 11.8 Å². The van der Waals surface area contributed by atoms with E-state index >= 15 is 0 Å². The maximum Gasteiger partial charge on any atom is 0.360 e. The number of aryl methyl sites for hydroxylation is 1. The van der Waals surface area contributed by atoms with E-state index in [9.17, 15) is 4.79 Å². The number of carbonyl (C=O) groups is 1. The normalized spacial score (nSPS) is 11.9. The molecule has 1 aromatic rings. The van der Waals surface area contributed by atoms with Crippen molar-refractivity contribution in [3.63, 3.8) is 0 Å². The molecule has 108 valence electrons. The molecule has 1 heterocycles. The van der Waals surface area contributed by atoms with E-state index < -0.39 is 5.97 Å². The number of nitrogen functional groups attached to an aromatic ring is 1. The predicted octanol–water partition coefficient (Wildman–Crippen LogP) is 1.29. The lowest BCUT2D eigenvalue weighted by Crippen LogP contribution is -2.42. The molecule has 0 aliphatic rings. The van der Waals surface area contributed by atoms with Crippen molar-refractivity contribution in [3.8, 4) is 0 Å². The van der Waals surface area contributed by atoms with Crippen molar-refractivity contribution < 1.29 is 9.53 Å². The van der Waals surface area contributed by atoms with Gasteiger partial charge in [-0.15, -0.1) is 0 Å². The van der Waals surface area contributed by atoms with E-state index in [1.165, 1.54) is 0 Å². The number of anilines is 1. The summed E-state index contributed by atoms with van der Waals surface area (Å²) in [6.45, 7) is 8.78. The largest absolute Gasteiger partial charge is 0.461 e. The minimum Gasteiger partial charge on any atom is -0.461 e. The Balaban J connectivity index is 3.07. The highest BCUT2D eigenvalue weighted by Gasteiger charge is 2.26. The van der Waals surface area contributed by atoms with Gasteiger partial charge in [-0.1, -0.05) is 0 Å². The number of aromatic nitrogens is 2. The third-order valence-corrected chi connectivity index (χ3v) is 3.42. The second kappa shape index (κ2) is 5.61. The predicted molar refractivity (Wildman–Crippen MR) is 75.1 cm³/mol. The number of likely N-dealkylation sites (N-methyl/N-ethyl adjacent to an activating group) is 1. The molecule has 2 N–H and O–H groups in total. The molecule has 0 atom stereocenters. The van der Waals surface area contributed by atoms with Gasteiger partial charge in [0, 0.05) is 12.1 Å². The fourth-order valence-electron chi connectivity index (χ4n) is 1.66. The average molecular weight is 268 g/mol. The van der Waals surface area contributed by atoms with Gasteiger partial charge in [-0.2, -0.15) is 0 Å². The number of nitrogens with two attached hydrogens (primary N) is 1. The summed E-state index contributed by atoms with van der Waals surface area (Å²) in [6.07, 6.45) is 0. The van der Waals surface area contributed by atoms with Crippen LogP contribution in [-0.4, -0.2) is 46.7 Å². The molecule has 1 aromatic heterocycles. The van der Waals surface area contributed by atoms with E-state index in [4.69, 9.17) is 10.5 Å². The van der Waals surface area contributed by atoms with Gasteiger partial charge in [0.05, 0.1) is 6.61 Å². The Morgan fingerprint density at radius 3 is 2.53 bits per heavy atom. The minimum absolute atomic E-state index is 0.0918. The highest BCUT2D eigenvalue weighted by Crippen LogP contribution is 2.21. The van der Waals surface area contributed by atoms with Crippen molar-refractivity contribution in [1.82, 2.24) is 14.5 Å². The Morgan fingerprint density at radius 2 is 2.05 bits per heavy atom. The number of carbonyl (C=O) groups excluding carboxylic acids is 1. The lowest BCUT2D eigenvalue weighted by atomic mass is 10.0. The number of imidazole rings is 1. The summed E-state index contributed by atoms with van der Waals surface area (Å²) in [5.74, 6) is 0.617. The zero-order valence-electron chi connectivity index (χ0n) is 12.6. The molecule has 0 aliphatic carbocycles. The van der Waals surface area contributed by atoms with Crippen LogP contribution in [0.15, 0.2) is 0 Å². The van der Waals surface area contributed by atoms with Crippen molar-refractivity contribution in [1.29, 1.82) is 0 Å². The fourth-order valence-corrected chi connectivity index (χ4v) is 1.66. The molecule has 0 spiro atoms. The lowest BCUT2D eigenvalue weighted by molar-refractivity contribution is 0.0521. The Labute approximate surface area is 114 Å². The Hall–Kier alpha value is -1.56. The number of hydrogen-bond acceptors (Lipinski definition) is 5. The van der Waals surface area contributed by atoms with Crippen LogP contribution in [0.5, 0.6) is 0 Å². The standard InChI is InChI=1S/C13H24N4O2/c1-7-19-12(18)10-11(14)17(9(2)15-10)8-13(3,4)16(5)6/h7-8,14H2,1-6H3. The Morgan fingerprint density at radius 1 is 1.47 bits per heavy atom. The van der Waals surface area contributed by atoms with Gasteiger partial charge in [-0.3, -0.25) is 0 Å². The van der Waals surface area contributed by atoms with E-state index in [2.05, 4.69) is 23.7 Å². The molecule has 0 aliphatic heterocycles. The molecule has 0 saturated heterocycles. The molecule has 19 heavy (non-hydrogen) atoms. The van der Waals surface area contributed by atoms with Gasteiger partial charge in [-0.25, -0.2) is 9.78 Å². The van der Waals surface area contributed by atoms with Crippen LogP contribution in [0.25, 0.3) is 0 Å². The highest BCUT2D eigenvalue weighted by atomic mass is 16.5. The summed E-state index contributed by atoms with van der Waals surface area (Å²) in [4.78, 5) is 18.1. The van der Waals surface area contributed by atoms with Gasteiger partial charge in [0.25, 0.3) is 0 Å². The first kappa shape index (κ1) is 15.5. The number of rotatable bonds is 5. The van der Waals surface area contributed by atoms with Gasteiger partial charge in [0.15, 0.2) is 5.69 Å².